The number of hydrogen-bond donors (Lipinski definition) is 1. The van der Waals surface area contributed by atoms with Crippen LogP contribution in [0.2, 0.25) is 0 Å². The summed E-state index contributed by atoms with van der Waals surface area (Å²) in [5.74, 6) is -3.01. The fraction of sp³-hybridized carbons (Fsp3) is 0.727. The van der Waals surface area contributed by atoms with Crippen molar-refractivity contribution in [1.29, 1.82) is 0 Å². The molecule has 7 nitrogen and oxygen atoms in total. The summed E-state index contributed by atoms with van der Waals surface area (Å²) in [7, 11) is 5.40. The number of rotatable bonds is 7. The van der Waals surface area contributed by atoms with Crippen molar-refractivity contribution in [3.63, 3.8) is 0 Å². The van der Waals surface area contributed by atoms with Gasteiger partial charge in [-0.1, -0.05) is 0 Å². The van der Waals surface area contributed by atoms with Gasteiger partial charge < -0.3 is 29.4 Å². The van der Waals surface area contributed by atoms with Gasteiger partial charge in [-0.05, 0) is 19.3 Å². The monoisotopic (exact) mass is 262 g/mol. The van der Waals surface area contributed by atoms with Crippen LogP contribution in [-0.4, -0.2) is 55.2 Å². The second-order valence-electron chi connectivity index (χ2n) is 4.79. The first kappa shape index (κ1) is 18.7. The maximum absolute atomic E-state index is 9.89. The van der Waals surface area contributed by atoms with Crippen molar-refractivity contribution in [3.8, 4) is 0 Å². The van der Waals surface area contributed by atoms with Crippen molar-refractivity contribution < 1.29 is 34.2 Å². The zero-order valence-electron chi connectivity index (χ0n) is 11.0. The van der Waals surface area contributed by atoms with E-state index in [4.69, 9.17) is 5.11 Å². The van der Waals surface area contributed by atoms with Gasteiger partial charge in [-0.2, -0.15) is 0 Å². The van der Waals surface area contributed by atoms with Crippen molar-refractivity contribution >= 4 is 17.9 Å². The molecule has 0 unspecified atom stereocenters. The summed E-state index contributed by atoms with van der Waals surface area (Å²) in [6.45, 7) is 0.0694. The van der Waals surface area contributed by atoms with E-state index in [1.165, 1.54) is 0 Å². The van der Waals surface area contributed by atoms with E-state index < -0.39 is 17.9 Å². The predicted molar refractivity (Wildman–Crippen MR) is 59.0 cm³/mol. The second-order valence-corrected chi connectivity index (χ2v) is 4.79. The van der Waals surface area contributed by atoms with Gasteiger partial charge in [0.2, 0.25) is 0 Å². The lowest BCUT2D eigenvalue weighted by Crippen LogP contribution is -2.45. The molecule has 0 aliphatic rings. The van der Waals surface area contributed by atoms with Crippen molar-refractivity contribution in [2.75, 3.05) is 27.7 Å². The van der Waals surface area contributed by atoms with Gasteiger partial charge >= 0.3 is 5.97 Å². The lowest BCUT2D eigenvalue weighted by Gasteiger charge is -2.23. The van der Waals surface area contributed by atoms with E-state index in [-0.39, 0.29) is 19.4 Å². The Bertz CT molecular complexity index is 266. The number of likely N-dealkylation sites (N-methyl/N-ethyl adjacent to an activating group) is 1. The molecule has 0 aliphatic carbocycles. The fourth-order valence-corrected chi connectivity index (χ4v) is 0.933. The average Bonchev–Trinajstić information content (AvgIpc) is 2.08. The Balaban J connectivity index is 0. The second kappa shape index (κ2) is 9.41. The Kier molecular flexibility index (Phi) is 9.79. The summed E-state index contributed by atoms with van der Waals surface area (Å²) in [6.07, 6.45) is 0.776. The van der Waals surface area contributed by atoms with Gasteiger partial charge in [0, 0.05) is 12.4 Å². The first-order valence-corrected chi connectivity index (χ1v) is 5.46. The topological polar surface area (TPSA) is 118 Å². The van der Waals surface area contributed by atoms with Crippen molar-refractivity contribution in [1.82, 2.24) is 0 Å². The molecular formula is C11H20NO6-. The predicted octanol–water partition coefficient (Wildman–Crippen LogP) is -2.18. The molecule has 0 amide bonds. The number of carboxylic acid groups (broad SMARTS) is 3. The maximum Gasteiger partial charge on any atom is 0.303 e. The molecule has 7 heteroatoms. The van der Waals surface area contributed by atoms with Gasteiger partial charge in [0.1, 0.15) is 6.54 Å². The minimum absolute atomic E-state index is 0.0350. The zero-order chi connectivity index (χ0) is 14.8. The molecule has 0 aromatic heterocycles. The Morgan fingerprint density at radius 3 is 1.61 bits per heavy atom. The number of hydrogen-bond acceptors (Lipinski definition) is 5. The lowest BCUT2D eigenvalue weighted by molar-refractivity contribution is -0.864. The first-order valence-electron chi connectivity index (χ1n) is 5.46. The smallest absolute Gasteiger partial charge is 0.303 e. The Hall–Kier alpha value is -1.63. The maximum atomic E-state index is 9.89. The molecule has 0 fully saturated rings. The number of carboxylic acids is 3. The standard InChI is InChI=1S/C6H10O4.C5H11NO2/c7-5(8)3-1-2-4-6(9)10;1-6(2,3)4-5(7)8/h1-4H2,(H,7,8)(H,9,10);4H2,1-3H3/p-1. The summed E-state index contributed by atoms with van der Waals surface area (Å²) in [5.41, 5.74) is 0. The van der Waals surface area contributed by atoms with Crippen LogP contribution in [0.25, 0.3) is 0 Å². The molecule has 18 heavy (non-hydrogen) atoms. The molecule has 0 heterocycles. The summed E-state index contributed by atoms with van der Waals surface area (Å²) in [6, 6.07) is 0. The van der Waals surface area contributed by atoms with E-state index in [1.54, 1.807) is 21.1 Å². The van der Waals surface area contributed by atoms with Crippen LogP contribution in [0, 0.1) is 0 Å². The Morgan fingerprint density at radius 2 is 1.39 bits per heavy atom. The van der Waals surface area contributed by atoms with Crippen LogP contribution in [-0.2, 0) is 14.4 Å². The Morgan fingerprint density at radius 1 is 0.944 bits per heavy atom. The number of carbonyl (C=O) groups is 3. The average molecular weight is 262 g/mol. The van der Waals surface area contributed by atoms with Crippen LogP contribution >= 0.6 is 0 Å². The number of quaternary nitrogens is 1. The summed E-state index contributed by atoms with van der Waals surface area (Å²) in [5, 5.41) is 27.8. The van der Waals surface area contributed by atoms with Crippen LogP contribution in [0.3, 0.4) is 0 Å². The quantitative estimate of drug-likeness (QED) is 0.412. The van der Waals surface area contributed by atoms with Crippen LogP contribution in [0.1, 0.15) is 25.7 Å². The molecule has 0 saturated carbocycles. The largest absolute Gasteiger partial charge is 0.550 e. The number of unbranched alkanes of at least 4 members (excludes halogenated alkanes) is 1. The SMILES string of the molecule is C[N+](C)(C)CC(=O)[O-].O=C([O-])CCCCC(=O)O. The third-order valence-corrected chi connectivity index (χ3v) is 1.62. The van der Waals surface area contributed by atoms with Gasteiger partial charge in [0.05, 0.1) is 27.1 Å². The molecule has 0 bridgehead atoms. The molecule has 0 saturated heterocycles. The highest BCUT2D eigenvalue weighted by molar-refractivity contribution is 5.67. The minimum Gasteiger partial charge on any atom is -0.550 e. The zero-order valence-corrected chi connectivity index (χ0v) is 11.0. The highest BCUT2D eigenvalue weighted by atomic mass is 16.4. The lowest BCUT2D eigenvalue weighted by atomic mass is 10.2. The molecule has 0 spiro atoms. The summed E-state index contributed by atoms with van der Waals surface area (Å²) < 4.78 is 0.419. The van der Waals surface area contributed by atoms with Gasteiger partial charge in [-0.3, -0.25) is 4.79 Å². The fourth-order valence-electron chi connectivity index (χ4n) is 0.933. The van der Waals surface area contributed by atoms with Crippen LogP contribution in [0.15, 0.2) is 0 Å². The van der Waals surface area contributed by atoms with Crippen molar-refractivity contribution in [2.45, 2.75) is 25.7 Å². The first-order chi connectivity index (χ1) is 8.04. The molecule has 1 N–H and O–H groups in total. The van der Waals surface area contributed by atoms with Crippen LogP contribution in [0.5, 0.6) is 0 Å². The Labute approximate surface area is 106 Å². The van der Waals surface area contributed by atoms with E-state index in [2.05, 4.69) is 0 Å². The highest BCUT2D eigenvalue weighted by Crippen LogP contribution is 1.97. The summed E-state index contributed by atoms with van der Waals surface area (Å²) >= 11 is 0. The number of aliphatic carboxylic acids is 3. The van der Waals surface area contributed by atoms with E-state index in [1.807, 2.05) is 0 Å². The van der Waals surface area contributed by atoms with E-state index >= 15 is 0 Å². The molecule has 0 aromatic rings. The van der Waals surface area contributed by atoms with E-state index in [0.717, 1.165) is 0 Å². The number of nitrogens with zero attached hydrogens (tertiary/aromatic N) is 1. The van der Waals surface area contributed by atoms with Gasteiger partial charge in [0.15, 0.2) is 0 Å². The van der Waals surface area contributed by atoms with Crippen LogP contribution in [0.4, 0.5) is 0 Å². The molecule has 0 atom stereocenters. The van der Waals surface area contributed by atoms with Gasteiger partial charge in [-0.25, -0.2) is 0 Å². The van der Waals surface area contributed by atoms with E-state index in [9.17, 15) is 24.6 Å². The van der Waals surface area contributed by atoms with Crippen molar-refractivity contribution in [3.05, 3.63) is 0 Å². The molecule has 0 aromatic carbocycles. The third kappa shape index (κ3) is 23.9. The molecule has 106 valence electrons. The molecule has 0 radical (unpaired) electrons. The van der Waals surface area contributed by atoms with Crippen molar-refractivity contribution in [2.24, 2.45) is 0 Å². The summed E-state index contributed by atoms with van der Waals surface area (Å²) in [4.78, 5) is 29.6. The molecule has 0 rings (SSSR count). The minimum atomic E-state index is -1.12. The van der Waals surface area contributed by atoms with Gasteiger partial charge in [0.25, 0.3) is 0 Å². The molecule has 0 aliphatic heterocycles. The van der Waals surface area contributed by atoms with E-state index in [0.29, 0.717) is 17.3 Å². The van der Waals surface area contributed by atoms with Gasteiger partial charge in [-0.15, -0.1) is 0 Å². The molecular weight excluding hydrogens is 242 g/mol. The number of carbonyl (C=O) groups excluding carboxylic acids is 2. The highest BCUT2D eigenvalue weighted by Gasteiger charge is 2.04. The van der Waals surface area contributed by atoms with Crippen LogP contribution < -0.4 is 10.2 Å². The third-order valence-electron chi connectivity index (χ3n) is 1.62. The normalized spacial score (nSPS) is 10.2.